The lowest BCUT2D eigenvalue weighted by atomic mass is 10.1. The SMILES string of the molecule is Cc1ccc(S(=O)(=O)N2CCN(c3cc(Cl)c(C(F)(F)F)cc3[N+](=O)[O-])CC2)s1. The highest BCUT2D eigenvalue weighted by Gasteiger charge is 2.38. The first-order chi connectivity index (χ1) is 13.4. The van der Waals surface area contributed by atoms with Crippen molar-refractivity contribution in [1.82, 2.24) is 4.31 Å². The minimum absolute atomic E-state index is 0.0368. The Bertz CT molecular complexity index is 1050. The molecule has 158 valence electrons. The number of rotatable bonds is 4. The zero-order chi connectivity index (χ0) is 21.6. The van der Waals surface area contributed by atoms with Crippen molar-refractivity contribution in [2.24, 2.45) is 0 Å². The van der Waals surface area contributed by atoms with Crippen LogP contribution in [0, 0.1) is 17.0 Å². The van der Waals surface area contributed by atoms with E-state index in [-0.39, 0.29) is 36.1 Å². The number of aryl methyl sites for hydroxylation is 1. The molecule has 1 aliphatic heterocycles. The Hall–Kier alpha value is -1.89. The van der Waals surface area contributed by atoms with E-state index in [1.165, 1.54) is 15.3 Å². The summed E-state index contributed by atoms with van der Waals surface area (Å²) in [6.45, 7) is 2.01. The molecule has 0 N–H and O–H groups in total. The quantitative estimate of drug-likeness (QED) is 0.496. The molecule has 0 bridgehead atoms. The summed E-state index contributed by atoms with van der Waals surface area (Å²) in [6, 6.07) is 4.54. The van der Waals surface area contributed by atoms with E-state index in [0.717, 1.165) is 22.3 Å². The number of nitro benzene ring substituents is 1. The van der Waals surface area contributed by atoms with E-state index < -0.39 is 37.4 Å². The number of hydrogen-bond acceptors (Lipinski definition) is 6. The summed E-state index contributed by atoms with van der Waals surface area (Å²) in [4.78, 5) is 12.7. The molecule has 3 rings (SSSR count). The second-order valence-electron chi connectivity index (χ2n) is 6.33. The molecule has 2 heterocycles. The zero-order valence-electron chi connectivity index (χ0n) is 14.9. The molecule has 7 nitrogen and oxygen atoms in total. The van der Waals surface area contributed by atoms with Gasteiger partial charge in [-0.1, -0.05) is 11.6 Å². The third kappa shape index (κ3) is 4.34. The number of hydrogen-bond donors (Lipinski definition) is 0. The number of nitro groups is 1. The van der Waals surface area contributed by atoms with Gasteiger partial charge in [-0.05, 0) is 25.1 Å². The molecule has 0 spiro atoms. The maximum Gasteiger partial charge on any atom is 0.418 e. The van der Waals surface area contributed by atoms with Crippen LogP contribution >= 0.6 is 22.9 Å². The highest BCUT2D eigenvalue weighted by atomic mass is 35.5. The van der Waals surface area contributed by atoms with Gasteiger partial charge in [0, 0.05) is 37.1 Å². The normalized spacial score (nSPS) is 16.2. The first kappa shape index (κ1) is 21.8. The summed E-state index contributed by atoms with van der Waals surface area (Å²) in [7, 11) is -3.69. The summed E-state index contributed by atoms with van der Waals surface area (Å²) >= 11 is 6.86. The Morgan fingerprint density at radius 3 is 2.28 bits per heavy atom. The zero-order valence-corrected chi connectivity index (χ0v) is 17.3. The monoisotopic (exact) mass is 469 g/mol. The third-order valence-electron chi connectivity index (χ3n) is 4.46. The molecule has 29 heavy (non-hydrogen) atoms. The van der Waals surface area contributed by atoms with Crippen molar-refractivity contribution in [2.45, 2.75) is 17.3 Å². The topological polar surface area (TPSA) is 83.8 Å². The lowest BCUT2D eigenvalue weighted by molar-refractivity contribution is -0.384. The maximum absolute atomic E-state index is 13.0. The largest absolute Gasteiger partial charge is 0.418 e. The Morgan fingerprint density at radius 2 is 1.79 bits per heavy atom. The van der Waals surface area contributed by atoms with Gasteiger partial charge < -0.3 is 4.90 Å². The predicted octanol–water partition coefficient (Wildman–Crippen LogP) is 4.15. The Balaban J connectivity index is 1.86. The number of thiophene rings is 1. The summed E-state index contributed by atoms with van der Waals surface area (Å²) in [6.07, 6.45) is -4.83. The molecular weight excluding hydrogens is 455 g/mol. The van der Waals surface area contributed by atoms with Crippen molar-refractivity contribution in [3.05, 3.63) is 49.8 Å². The molecule has 0 saturated carbocycles. The average molecular weight is 470 g/mol. The van der Waals surface area contributed by atoms with Gasteiger partial charge in [0.25, 0.3) is 15.7 Å². The molecule has 0 atom stereocenters. The van der Waals surface area contributed by atoms with E-state index in [0.29, 0.717) is 6.07 Å². The number of halogens is 4. The van der Waals surface area contributed by atoms with Gasteiger partial charge in [0.15, 0.2) is 0 Å². The number of anilines is 1. The van der Waals surface area contributed by atoms with Gasteiger partial charge in [0.2, 0.25) is 0 Å². The number of alkyl halides is 3. The van der Waals surface area contributed by atoms with E-state index in [2.05, 4.69) is 0 Å². The maximum atomic E-state index is 13.0. The summed E-state index contributed by atoms with van der Waals surface area (Å²) in [5.41, 5.74) is -2.09. The molecule has 0 aliphatic carbocycles. The van der Waals surface area contributed by atoms with Crippen LogP contribution in [0.3, 0.4) is 0 Å². The van der Waals surface area contributed by atoms with Crippen LogP contribution in [0.5, 0.6) is 0 Å². The summed E-state index contributed by atoms with van der Waals surface area (Å²) in [5, 5.41) is 10.7. The van der Waals surface area contributed by atoms with Gasteiger partial charge in [-0.15, -0.1) is 11.3 Å². The molecule has 0 radical (unpaired) electrons. The fraction of sp³-hybridized carbons (Fsp3) is 0.375. The van der Waals surface area contributed by atoms with Crippen LogP contribution in [-0.2, 0) is 16.2 Å². The van der Waals surface area contributed by atoms with Crippen molar-refractivity contribution in [3.8, 4) is 0 Å². The molecule has 1 fully saturated rings. The van der Waals surface area contributed by atoms with Gasteiger partial charge in [-0.2, -0.15) is 17.5 Å². The van der Waals surface area contributed by atoms with Crippen LogP contribution in [0.4, 0.5) is 24.5 Å². The van der Waals surface area contributed by atoms with Crippen molar-refractivity contribution in [1.29, 1.82) is 0 Å². The molecule has 2 aromatic rings. The lowest BCUT2D eigenvalue weighted by Crippen LogP contribution is -2.48. The second kappa shape index (κ2) is 7.74. The number of nitrogens with zero attached hydrogens (tertiary/aromatic N) is 3. The number of benzene rings is 1. The highest BCUT2D eigenvalue weighted by molar-refractivity contribution is 7.91. The minimum atomic E-state index is -4.83. The second-order valence-corrected chi connectivity index (χ2v) is 10.2. The first-order valence-electron chi connectivity index (χ1n) is 8.28. The molecule has 0 amide bonds. The van der Waals surface area contributed by atoms with E-state index in [1.54, 1.807) is 13.0 Å². The van der Waals surface area contributed by atoms with Crippen molar-refractivity contribution < 1.29 is 26.5 Å². The molecule has 0 unspecified atom stereocenters. The van der Waals surface area contributed by atoms with Crippen molar-refractivity contribution >= 4 is 44.3 Å². The number of piperazine rings is 1. The van der Waals surface area contributed by atoms with E-state index in [1.807, 2.05) is 0 Å². The van der Waals surface area contributed by atoms with Crippen LogP contribution in [0.15, 0.2) is 28.5 Å². The smallest absolute Gasteiger partial charge is 0.363 e. The molecule has 1 aliphatic rings. The lowest BCUT2D eigenvalue weighted by Gasteiger charge is -2.35. The Labute approximate surface area is 173 Å². The highest BCUT2D eigenvalue weighted by Crippen LogP contribution is 2.41. The Morgan fingerprint density at radius 1 is 1.17 bits per heavy atom. The molecule has 1 aromatic heterocycles. The minimum Gasteiger partial charge on any atom is -0.363 e. The fourth-order valence-electron chi connectivity index (χ4n) is 3.02. The molecule has 1 aromatic carbocycles. The van der Waals surface area contributed by atoms with E-state index in [4.69, 9.17) is 11.6 Å². The summed E-state index contributed by atoms with van der Waals surface area (Å²) < 4.78 is 65.9. The van der Waals surface area contributed by atoms with E-state index >= 15 is 0 Å². The Kier molecular flexibility index (Phi) is 5.82. The molecule has 13 heteroatoms. The predicted molar refractivity (Wildman–Crippen MR) is 103 cm³/mol. The van der Waals surface area contributed by atoms with Crippen LogP contribution in [0.25, 0.3) is 0 Å². The molecular formula is C16H15ClF3N3O4S2. The van der Waals surface area contributed by atoms with Crippen LogP contribution in [0.1, 0.15) is 10.4 Å². The van der Waals surface area contributed by atoms with Crippen molar-refractivity contribution in [3.63, 3.8) is 0 Å². The fourth-order valence-corrected chi connectivity index (χ4v) is 6.14. The summed E-state index contributed by atoms with van der Waals surface area (Å²) in [5.74, 6) is 0. The third-order valence-corrected chi connectivity index (χ3v) is 8.13. The van der Waals surface area contributed by atoms with Crippen LogP contribution < -0.4 is 4.90 Å². The van der Waals surface area contributed by atoms with Gasteiger partial charge in [0.05, 0.1) is 15.5 Å². The molecule has 1 saturated heterocycles. The van der Waals surface area contributed by atoms with Crippen LogP contribution in [-0.4, -0.2) is 43.8 Å². The number of sulfonamides is 1. The van der Waals surface area contributed by atoms with Crippen LogP contribution in [0.2, 0.25) is 5.02 Å². The van der Waals surface area contributed by atoms with Gasteiger partial charge in [-0.3, -0.25) is 10.1 Å². The first-order valence-corrected chi connectivity index (χ1v) is 10.9. The van der Waals surface area contributed by atoms with Crippen molar-refractivity contribution in [2.75, 3.05) is 31.1 Å². The van der Waals surface area contributed by atoms with Gasteiger partial charge >= 0.3 is 6.18 Å². The average Bonchev–Trinajstić information content (AvgIpc) is 3.07. The van der Waals surface area contributed by atoms with Gasteiger partial charge in [0.1, 0.15) is 9.90 Å². The standard InChI is InChI=1S/C16H15ClF3N3O4S2/c1-10-2-3-15(28-10)29(26,27)22-6-4-21(5-7-22)13-9-12(17)11(16(18,19)20)8-14(13)23(24)25/h2-3,8-9H,4-7H2,1H3. The van der Waals surface area contributed by atoms with E-state index in [9.17, 15) is 31.7 Å². The van der Waals surface area contributed by atoms with Gasteiger partial charge in [-0.25, -0.2) is 8.42 Å².